The molecule has 0 spiro atoms. The number of imide groups is 1. The van der Waals surface area contributed by atoms with E-state index in [4.69, 9.17) is 0 Å². The van der Waals surface area contributed by atoms with Crippen LogP contribution in [0.25, 0.3) is 0 Å². The molecular formula is C30H33Cl2F2N3O2. The Morgan fingerprint density at radius 3 is 1.62 bits per heavy atom. The molecule has 2 heterocycles. The van der Waals surface area contributed by atoms with Crippen molar-refractivity contribution in [2.75, 3.05) is 39.3 Å². The van der Waals surface area contributed by atoms with Gasteiger partial charge in [-0.25, -0.2) is 8.78 Å². The van der Waals surface area contributed by atoms with Gasteiger partial charge in [0.2, 0.25) is 11.8 Å². The first kappa shape index (κ1) is 28.2. The van der Waals surface area contributed by atoms with E-state index in [-0.39, 0.29) is 78.0 Å². The lowest BCUT2D eigenvalue weighted by Gasteiger charge is -2.40. The summed E-state index contributed by atoms with van der Waals surface area (Å²) in [7, 11) is 0. The van der Waals surface area contributed by atoms with Crippen molar-refractivity contribution in [2.24, 2.45) is 35.5 Å². The number of nitrogens with zero attached hydrogens (tertiary/aromatic N) is 3. The summed E-state index contributed by atoms with van der Waals surface area (Å²) in [5.41, 5.74) is 1.94. The molecule has 2 saturated carbocycles. The van der Waals surface area contributed by atoms with E-state index < -0.39 is 0 Å². The number of carbonyl (C=O) groups is 2. The highest BCUT2D eigenvalue weighted by atomic mass is 35.5. The van der Waals surface area contributed by atoms with Crippen LogP contribution >= 0.6 is 24.8 Å². The first-order valence-electron chi connectivity index (χ1n) is 13.5. The maximum atomic E-state index is 13.6. The summed E-state index contributed by atoms with van der Waals surface area (Å²) in [5.74, 6) is 1.05. The van der Waals surface area contributed by atoms with Gasteiger partial charge in [0.05, 0.1) is 17.9 Å². The molecule has 2 saturated heterocycles. The van der Waals surface area contributed by atoms with Gasteiger partial charge in [0, 0.05) is 39.3 Å². The Bertz CT molecular complexity index is 1170. The number of halogens is 4. The van der Waals surface area contributed by atoms with Gasteiger partial charge < -0.3 is 0 Å². The Morgan fingerprint density at radius 2 is 1.15 bits per heavy atom. The molecule has 9 heteroatoms. The Hall–Kier alpha value is -2.32. The molecule has 2 aromatic carbocycles. The van der Waals surface area contributed by atoms with Crippen molar-refractivity contribution in [3.05, 3.63) is 83.4 Å². The van der Waals surface area contributed by atoms with Crippen LogP contribution in [0.2, 0.25) is 0 Å². The average Bonchev–Trinajstić information content (AvgIpc) is 3.70. The lowest BCUT2D eigenvalue weighted by atomic mass is 9.63. The second-order valence-electron chi connectivity index (χ2n) is 11.4. The molecule has 0 radical (unpaired) electrons. The van der Waals surface area contributed by atoms with Gasteiger partial charge in [-0.3, -0.25) is 24.3 Å². The fourth-order valence-corrected chi connectivity index (χ4v) is 7.63. The fourth-order valence-electron chi connectivity index (χ4n) is 7.63. The van der Waals surface area contributed by atoms with E-state index in [1.807, 2.05) is 0 Å². The number of hydrogen-bond acceptors (Lipinski definition) is 4. The molecule has 2 amide bonds. The molecule has 0 N–H and O–H groups in total. The number of likely N-dealkylation sites (tertiary alicyclic amines) is 1. The predicted molar refractivity (Wildman–Crippen MR) is 149 cm³/mol. The van der Waals surface area contributed by atoms with Crippen LogP contribution in [-0.2, 0) is 9.59 Å². The van der Waals surface area contributed by atoms with E-state index in [1.54, 1.807) is 29.2 Å². The monoisotopic (exact) mass is 575 g/mol. The van der Waals surface area contributed by atoms with Crippen molar-refractivity contribution in [1.82, 2.24) is 14.7 Å². The third kappa shape index (κ3) is 4.82. The van der Waals surface area contributed by atoms with Gasteiger partial charge in [0.15, 0.2) is 0 Å². The molecule has 4 fully saturated rings. The standard InChI is InChI=1S/C30H31F2N3O2.2ClH/c31-20-5-1-18(2-6-20)28(19-3-7-21(32)8-4-19)34-14-11-33(12-15-34)13-16-35-29(36)26-22-9-10-23(25-17-24(22)25)27(26)30(35)37;;/h1-10,22-28H,11-17H2;2*1H. The van der Waals surface area contributed by atoms with Gasteiger partial charge in [0.25, 0.3) is 0 Å². The molecule has 6 aliphatic rings. The molecule has 2 aliphatic heterocycles. The summed E-state index contributed by atoms with van der Waals surface area (Å²) >= 11 is 0. The molecule has 4 aliphatic carbocycles. The second-order valence-corrected chi connectivity index (χ2v) is 11.4. The zero-order valence-electron chi connectivity index (χ0n) is 21.5. The zero-order chi connectivity index (χ0) is 25.3. The lowest BCUT2D eigenvalue weighted by Crippen LogP contribution is -2.50. The average molecular weight is 577 g/mol. The first-order valence-corrected chi connectivity index (χ1v) is 13.5. The summed E-state index contributed by atoms with van der Waals surface area (Å²) in [6.45, 7) is 4.31. The van der Waals surface area contributed by atoms with Crippen LogP contribution in [0.15, 0.2) is 60.7 Å². The van der Waals surface area contributed by atoms with Gasteiger partial charge in [-0.05, 0) is 65.5 Å². The van der Waals surface area contributed by atoms with Crippen molar-refractivity contribution in [3.63, 3.8) is 0 Å². The zero-order valence-corrected chi connectivity index (χ0v) is 23.1. The fraction of sp³-hybridized carbons (Fsp3) is 0.467. The predicted octanol–water partition coefficient (Wildman–Crippen LogP) is 4.57. The number of allylic oxidation sites excluding steroid dienone is 2. The molecule has 8 rings (SSSR count). The summed E-state index contributed by atoms with van der Waals surface area (Å²) in [4.78, 5) is 32.8. The van der Waals surface area contributed by atoms with E-state index in [0.717, 1.165) is 37.3 Å². The van der Waals surface area contributed by atoms with Crippen LogP contribution in [0.4, 0.5) is 8.78 Å². The molecule has 6 atom stereocenters. The van der Waals surface area contributed by atoms with Crippen molar-refractivity contribution in [2.45, 2.75) is 12.5 Å². The van der Waals surface area contributed by atoms with E-state index in [1.165, 1.54) is 30.7 Å². The van der Waals surface area contributed by atoms with E-state index in [9.17, 15) is 18.4 Å². The van der Waals surface area contributed by atoms with Crippen molar-refractivity contribution >= 4 is 36.6 Å². The number of benzene rings is 2. The smallest absolute Gasteiger partial charge is 0.233 e. The maximum absolute atomic E-state index is 13.6. The maximum Gasteiger partial charge on any atom is 0.233 e. The number of rotatable bonds is 6. The third-order valence-corrected chi connectivity index (χ3v) is 9.54. The first-order chi connectivity index (χ1) is 18.0. The van der Waals surface area contributed by atoms with Crippen molar-refractivity contribution in [1.29, 1.82) is 0 Å². The minimum absolute atomic E-state index is 0. The highest BCUT2D eigenvalue weighted by Gasteiger charge is 2.66. The third-order valence-electron chi connectivity index (χ3n) is 9.54. The highest BCUT2D eigenvalue weighted by Crippen LogP contribution is 2.65. The van der Waals surface area contributed by atoms with Crippen molar-refractivity contribution in [3.8, 4) is 0 Å². The Kier molecular flexibility index (Phi) is 7.90. The van der Waals surface area contributed by atoms with Crippen LogP contribution in [0.3, 0.4) is 0 Å². The number of piperazine rings is 1. The van der Waals surface area contributed by atoms with E-state index in [0.29, 0.717) is 24.9 Å². The van der Waals surface area contributed by atoms with Crippen molar-refractivity contribution < 1.29 is 18.4 Å². The molecule has 5 nitrogen and oxygen atoms in total. The summed E-state index contributed by atoms with van der Waals surface area (Å²) in [6, 6.07) is 13.0. The molecule has 208 valence electrons. The van der Waals surface area contributed by atoms with Gasteiger partial charge in [-0.1, -0.05) is 36.4 Å². The largest absolute Gasteiger partial charge is 0.299 e. The Balaban J connectivity index is 0.00000154. The number of amides is 2. The van der Waals surface area contributed by atoms with Gasteiger partial charge in [0.1, 0.15) is 11.6 Å². The normalized spacial score (nSPS) is 31.1. The van der Waals surface area contributed by atoms with Crippen LogP contribution < -0.4 is 0 Å². The van der Waals surface area contributed by atoms with Crippen LogP contribution in [0.1, 0.15) is 23.6 Å². The lowest BCUT2D eigenvalue weighted by molar-refractivity contribution is -0.140. The summed E-state index contributed by atoms with van der Waals surface area (Å²) in [5, 5.41) is 0. The number of carbonyl (C=O) groups excluding carboxylic acids is 2. The Labute approximate surface area is 240 Å². The second kappa shape index (κ2) is 10.9. The molecule has 6 unspecified atom stereocenters. The molecule has 2 bridgehead atoms. The van der Waals surface area contributed by atoms with Crippen LogP contribution in [0.5, 0.6) is 0 Å². The summed E-state index contributed by atoms with van der Waals surface area (Å²) < 4.78 is 27.2. The quantitative estimate of drug-likeness (QED) is 0.374. The van der Waals surface area contributed by atoms with E-state index >= 15 is 0 Å². The van der Waals surface area contributed by atoms with E-state index in [2.05, 4.69) is 22.0 Å². The van der Waals surface area contributed by atoms with Crippen LogP contribution in [-0.4, -0.2) is 65.8 Å². The summed E-state index contributed by atoms with van der Waals surface area (Å²) in [6.07, 6.45) is 5.61. The SMILES string of the molecule is Cl.Cl.O=C1C2C3C=CC(C4CC34)C2C(=O)N1CCN1CCN(C(c2ccc(F)cc2)c2ccc(F)cc2)CC1. The molecule has 0 aromatic heterocycles. The number of hydrogen-bond donors (Lipinski definition) is 0. The Morgan fingerprint density at radius 1 is 0.692 bits per heavy atom. The highest BCUT2D eigenvalue weighted by molar-refractivity contribution is 6.06. The van der Waals surface area contributed by atoms with Gasteiger partial charge >= 0.3 is 0 Å². The van der Waals surface area contributed by atoms with Gasteiger partial charge in [-0.15, -0.1) is 24.8 Å². The topological polar surface area (TPSA) is 43.9 Å². The molecule has 2 aromatic rings. The molecule has 39 heavy (non-hydrogen) atoms. The van der Waals surface area contributed by atoms with Crippen LogP contribution in [0, 0.1) is 47.1 Å². The minimum atomic E-state index is -0.280. The molecular weight excluding hydrogens is 543 g/mol. The van der Waals surface area contributed by atoms with Gasteiger partial charge in [-0.2, -0.15) is 0 Å². The minimum Gasteiger partial charge on any atom is -0.299 e.